The molecule has 4 nitrogen and oxygen atoms in total. The van der Waals surface area contributed by atoms with Gasteiger partial charge >= 0.3 is 0 Å². The van der Waals surface area contributed by atoms with E-state index in [0.29, 0.717) is 17.1 Å². The molecule has 0 unspecified atom stereocenters. The molecule has 0 fully saturated rings. The summed E-state index contributed by atoms with van der Waals surface area (Å²) >= 11 is 0. The van der Waals surface area contributed by atoms with Crippen LogP contribution in [0.1, 0.15) is 52.7 Å². The first-order valence-corrected chi connectivity index (χ1v) is 8.73. The van der Waals surface area contributed by atoms with Crippen molar-refractivity contribution in [2.75, 3.05) is 14.2 Å². The average Bonchev–Trinajstić information content (AvgIpc) is 2.53. The van der Waals surface area contributed by atoms with Gasteiger partial charge < -0.3 is 19.7 Å². The first-order chi connectivity index (χ1) is 11.9. The van der Waals surface area contributed by atoms with E-state index in [9.17, 15) is 10.2 Å². The van der Waals surface area contributed by atoms with Crippen LogP contribution in [0.3, 0.4) is 0 Å². The Labute approximate surface area is 156 Å². The van der Waals surface area contributed by atoms with E-state index in [1.807, 2.05) is 6.07 Å². The Kier molecular flexibility index (Phi) is 5.18. The lowest BCUT2D eigenvalue weighted by Gasteiger charge is -2.27. The topological polar surface area (TPSA) is 58.9 Å². The van der Waals surface area contributed by atoms with Crippen molar-refractivity contribution in [1.82, 2.24) is 0 Å². The quantitative estimate of drug-likeness (QED) is 0.774. The highest BCUT2D eigenvalue weighted by Crippen LogP contribution is 2.46. The third-order valence-corrected chi connectivity index (χ3v) is 4.57. The standard InChI is InChI=1S/C22H30O4/c1-21(2,3)14-11-15(19(23)16(12-14)22(4,5)6)13-9-17(25-7)20(24)18(10-13)26-8/h9-12,23-24H,1-8H3. The van der Waals surface area contributed by atoms with Gasteiger partial charge in [0, 0.05) is 11.1 Å². The van der Waals surface area contributed by atoms with Gasteiger partial charge in [0.2, 0.25) is 5.75 Å². The van der Waals surface area contributed by atoms with Crippen molar-refractivity contribution in [3.8, 4) is 34.1 Å². The van der Waals surface area contributed by atoms with Gasteiger partial charge in [0.1, 0.15) is 5.75 Å². The van der Waals surface area contributed by atoms with Crippen molar-refractivity contribution >= 4 is 0 Å². The summed E-state index contributed by atoms with van der Waals surface area (Å²) < 4.78 is 10.5. The molecule has 0 aliphatic heterocycles. The molecule has 0 radical (unpaired) electrons. The number of phenolic OH excluding ortho intramolecular Hbond substituents is 2. The molecule has 0 saturated heterocycles. The molecule has 0 saturated carbocycles. The van der Waals surface area contributed by atoms with Crippen molar-refractivity contribution in [2.45, 2.75) is 52.4 Å². The Hall–Kier alpha value is -2.36. The van der Waals surface area contributed by atoms with Crippen molar-refractivity contribution in [2.24, 2.45) is 0 Å². The highest BCUT2D eigenvalue weighted by atomic mass is 16.5. The van der Waals surface area contributed by atoms with Gasteiger partial charge in [-0.1, -0.05) is 47.6 Å². The lowest BCUT2D eigenvalue weighted by Crippen LogP contribution is -2.17. The van der Waals surface area contributed by atoms with Crippen LogP contribution in [0.5, 0.6) is 23.0 Å². The number of benzene rings is 2. The van der Waals surface area contributed by atoms with Gasteiger partial charge in [0.25, 0.3) is 0 Å². The summed E-state index contributed by atoms with van der Waals surface area (Å²) in [7, 11) is 2.98. The van der Waals surface area contributed by atoms with E-state index in [1.54, 1.807) is 12.1 Å². The van der Waals surface area contributed by atoms with Crippen LogP contribution in [0.25, 0.3) is 11.1 Å². The van der Waals surface area contributed by atoms with Crippen LogP contribution in [0, 0.1) is 0 Å². The number of rotatable bonds is 3. The normalized spacial score (nSPS) is 12.2. The molecule has 0 amide bonds. The molecular formula is C22H30O4. The minimum absolute atomic E-state index is 0.0544. The number of hydrogen-bond acceptors (Lipinski definition) is 4. The second kappa shape index (κ2) is 6.75. The molecule has 0 aromatic heterocycles. The van der Waals surface area contributed by atoms with Crippen LogP contribution in [0.15, 0.2) is 24.3 Å². The summed E-state index contributed by atoms with van der Waals surface area (Å²) in [6.07, 6.45) is 0. The third kappa shape index (κ3) is 3.74. The average molecular weight is 358 g/mol. The van der Waals surface area contributed by atoms with E-state index < -0.39 is 0 Å². The smallest absolute Gasteiger partial charge is 0.200 e. The SMILES string of the molecule is COc1cc(-c2cc(C(C)(C)C)cc(C(C)(C)C)c2O)cc(OC)c1O. The van der Waals surface area contributed by atoms with Gasteiger partial charge in [-0.05, 0) is 40.2 Å². The summed E-state index contributed by atoms with van der Waals surface area (Å²) in [5.41, 5.74) is 3.13. The van der Waals surface area contributed by atoms with E-state index >= 15 is 0 Å². The summed E-state index contributed by atoms with van der Waals surface area (Å²) in [6, 6.07) is 7.50. The van der Waals surface area contributed by atoms with Crippen LogP contribution in [0.2, 0.25) is 0 Å². The fourth-order valence-corrected chi connectivity index (χ4v) is 2.91. The summed E-state index contributed by atoms with van der Waals surface area (Å²) in [5.74, 6) is 0.788. The highest BCUT2D eigenvalue weighted by molar-refractivity contribution is 5.77. The summed E-state index contributed by atoms with van der Waals surface area (Å²) in [5, 5.41) is 21.2. The largest absolute Gasteiger partial charge is 0.507 e. The Balaban J connectivity index is 2.85. The molecule has 4 heteroatoms. The van der Waals surface area contributed by atoms with Gasteiger partial charge in [-0.3, -0.25) is 0 Å². The Morgan fingerprint density at radius 2 is 1.19 bits per heavy atom. The zero-order valence-electron chi connectivity index (χ0n) is 17.0. The van der Waals surface area contributed by atoms with Crippen LogP contribution in [-0.4, -0.2) is 24.4 Å². The molecule has 2 aromatic rings. The minimum atomic E-state index is -0.217. The van der Waals surface area contributed by atoms with E-state index in [-0.39, 0.29) is 22.3 Å². The number of hydrogen-bond donors (Lipinski definition) is 2. The van der Waals surface area contributed by atoms with E-state index in [2.05, 4.69) is 47.6 Å². The zero-order chi connectivity index (χ0) is 19.9. The van der Waals surface area contributed by atoms with Crippen molar-refractivity contribution in [3.63, 3.8) is 0 Å². The molecule has 0 bridgehead atoms. The van der Waals surface area contributed by atoms with Crippen LogP contribution >= 0.6 is 0 Å². The predicted molar refractivity (Wildman–Crippen MR) is 106 cm³/mol. The monoisotopic (exact) mass is 358 g/mol. The molecule has 0 spiro atoms. The Morgan fingerprint density at radius 1 is 0.692 bits per heavy atom. The minimum Gasteiger partial charge on any atom is -0.507 e. The molecule has 142 valence electrons. The Bertz CT molecular complexity index is 783. The van der Waals surface area contributed by atoms with Crippen LogP contribution < -0.4 is 9.47 Å². The van der Waals surface area contributed by atoms with E-state index in [4.69, 9.17) is 9.47 Å². The fourth-order valence-electron chi connectivity index (χ4n) is 2.91. The molecule has 2 N–H and O–H groups in total. The summed E-state index contributed by atoms with van der Waals surface area (Å²) in [6.45, 7) is 12.7. The van der Waals surface area contributed by atoms with Crippen LogP contribution in [-0.2, 0) is 10.8 Å². The van der Waals surface area contributed by atoms with Crippen molar-refractivity contribution in [3.05, 3.63) is 35.4 Å². The molecule has 0 aliphatic rings. The maximum atomic E-state index is 11.0. The number of aromatic hydroxyl groups is 2. The number of methoxy groups -OCH3 is 2. The molecule has 0 heterocycles. The maximum absolute atomic E-state index is 11.0. The molecule has 0 atom stereocenters. The maximum Gasteiger partial charge on any atom is 0.200 e. The fraction of sp³-hybridized carbons (Fsp3) is 0.455. The molecule has 0 aliphatic carbocycles. The molecular weight excluding hydrogens is 328 g/mol. The molecule has 2 aromatic carbocycles. The molecule has 26 heavy (non-hydrogen) atoms. The number of phenols is 2. The summed E-state index contributed by atoms with van der Waals surface area (Å²) in [4.78, 5) is 0. The van der Waals surface area contributed by atoms with E-state index in [1.165, 1.54) is 14.2 Å². The van der Waals surface area contributed by atoms with E-state index in [0.717, 1.165) is 16.7 Å². The Morgan fingerprint density at radius 3 is 1.58 bits per heavy atom. The second-order valence-corrected chi connectivity index (χ2v) is 8.65. The lowest BCUT2D eigenvalue weighted by atomic mass is 9.78. The van der Waals surface area contributed by atoms with Gasteiger partial charge in [-0.15, -0.1) is 0 Å². The highest BCUT2D eigenvalue weighted by Gasteiger charge is 2.26. The molecule has 2 rings (SSSR count). The first-order valence-electron chi connectivity index (χ1n) is 8.73. The van der Waals surface area contributed by atoms with Gasteiger partial charge in [-0.2, -0.15) is 0 Å². The lowest BCUT2D eigenvalue weighted by molar-refractivity contribution is 0.340. The van der Waals surface area contributed by atoms with Gasteiger partial charge in [0.15, 0.2) is 11.5 Å². The predicted octanol–water partition coefficient (Wildman–Crippen LogP) is 5.38. The third-order valence-electron chi connectivity index (χ3n) is 4.57. The second-order valence-electron chi connectivity index (χ2n) is 8.65. The van der Waals surface area contributed by atoms with Gasteiger partial charge in [0.05, 0.1) is 14.2 Å². The first kappa shape index (κ1) is 20.0. The zero-order valence-corrected chi connectivity index (χ0v) is 17.0. The van der Waals surface area contributed by atoms with Crippen LogP contribution in [0.4, 0.5) is 0 Å². The number of ether oxygens (including phenoxy) is 2. The van der Waals surface area contributed by atoms with Crippen molar-refractivity contribution in [1.29, 1.82) is 0 Å². The van der Waals surface area contributed by atoms with Gasteiger partial charge in [-0.25, -0.2) is 0 Å². The van der Waals surface area contributed by atoms with Crippen molar-refractivity contribution < 1.29 is 19.7 Å².